The zero-order valence-electron chi connectivity index (χ0n) is 36.0. The molecule has 5 heterocycles. The molecule has 0 aromatic carbocycles. The molecule has 9 fully saturated rings. The molecule has 17 heteroatoms. The number of fused-ring (bicyclic) bond motifs is 7. The molecular formula is C44H72O17. The van der Waals surface area contributed by atoms with E-state index in [1.165, 1.54) is 12.8 Å². The predicted octanol–water partition coefficient (Wildman–Crippen LogP) is -0.0945. The molecule has 0 unspecified atom stereocenters. The van der Waals surface area contributed by atoms with Crippen LogP contribution in [-0.2, 0) is 37.9 Å². The maximum absolute atomic E-state index is 11.5. The Morgan fingerprint density at radius 3 is 2.02 bits per heavy atom. The van der Waals surface area contributed by atoms with Crippen molar-refractivity contribution in [2.24, 2.45) is 52.3 Å². The Morgan fingerprint density at radius 1 is 0.607 bits per heavy atom. The Balaban J connectivity index is 0.917. The summed E-state index contributed by atoms with van der Waals surface area (Å²) in [5.74, 6) is 3.12. The molecule has 0 amide bonds. The van der Waals surface area contributed by atoms with E-state index in [-0.39, 0.29) is 23.0 Å². The van der Waals surface area contributed by atoms with Crippen molar-refractivity contribution in [1.82, 2.24) is 0 Å². The molecule has 0 aromatic rings. The first-order valence-corrected chi connectivity index (χ1v) is 23.2. The lowest BCUT2D eigenvalue weighted by Gasteiger charge is -2.61. The standard InChI is InChI=1S/C44H72O17/c1-19-7-12-44(55-17-19)20(2)30-27(61-44)14-25-23-6-5-21-13-22(8-10-42(21,3)24(23)9-11-43(25,30)4)56-41-38(60-40-36(53)34(51)32(49)28(15-45)57-40)37(33(50)29(16-46)58-41)59-39-35(52)31(48)26(47)18-54-39/h19-41,45-53H,5-18H2,1-4H3/t19-,20-,21+,22-,23+,24-,25-,26+,27-,28+,29+,30-,31-,32+,33-,34-,35+,36+,37-,38+,39-,40-,41+,42-,43-,44+/m0/s1. The van der Waals surface area contributed by atoms with Crippen LogP contribution in [0.1, 0.15) is 91.9 Å². The van der Waals surface area contributed by atoms with E-state index in [9.17, 15) is 46.0 Å². The zero-order valence-corrected chi connectivity index (χ0v) is 36.0. The van der Waals surface area contributed by atoms with E-state index in [2.05, 4.69) is 27.7 Å². The van der Waals surface area contributed by atoms with Gasteiger partial charge in [0.25, 0.3) is 0 Å². The topological polar surface area (TPSA) is 256 Å². The SMILES string of the molecule is C[C@H]1CC[C@@]2(OC1)O[C@H]1C[C@H]3[C@@H]4CC[C@@H]5C[C@@H](O[C@@H]6O[C@H](CO)[C@H](O)[C@H](O[C@@H]7OC[C@@H](O)[C@H](O)[C@H]7O)[C@H]6O[C@@H]6O[C@H](CO)[C@@H](O)[C@H](O)[C@H]6O)CC[C@]5(C)[C@H]4CC[C@]3(C)[C@H]1[C@@H]2C. The molecular weight excluding hydrogens is 800 g/mol. The highest BCUT2D eigenvalue weighted by atomic mass is 16.8. The summed E-state index contributed by atoms with van der Waals surface area (Å²) < 4.78 is 50.0. The van der Waals surface area contributed by atoms with Gasteiger partial charge in [-0.2, -0.15) is 0 Å². The van der Waals surface area contributed by atoms with Crippen molar-refractivity contribution < 1.29 is 83.9 Å². The van der Waals surface area contributed by atoms with Gasteiger partial charge in [0.1, 0.15) is 67.1 Å². The van der Waals surface area contributed by atoms with Crippen LogP contribution in [0.25, 0.3) is 0 Å². The van der Waals surface area contributed by atoms with Crippen molar-refractivity contribution in [2.45, 2.75) is 196 Å². The second-order valence-corrected chi connectivity index (χ2v) is 21.1. The summed E-state index contributed by atoms with van der Waals surface area (Å²) in [6.07, 6.45) is -11.8. The maximum Gasteiger partial charge on any atom is 0.187 e. The minimum Gasteiger partial charge on any atom is -0.394 e. The largest absolute Gasteiger partial charge is 0.394 e. The van der Waals surface area contributed by atoms with Crippen LogP contribution < -0.4 is 0 Å². The smallest absolute Gasteiger partial charge is 0.187 e. The van der Waals surface area contributed by atoms with E-state index in [0.29, 0.717) is 47.8 Å². The van der Waals surface area contributed by atoms with Gasteiger partial charge in [-0.1, -0.05) is 27.7 Å². The summed E-state index contributed by atoms with van der Waals surface area (Å²) >= 11 is 0. The Bertz CT molecular complexity index is 1520. The summed E-state index contributed by atoms with van der Waals surface area (Å²) in [7, 11) is 0. The van der Waals surface area contributed by atoms with E-state index in [0.717, 1.165) is 51.6 Å². The Hall–Kier alpha value is -0.680. The number of hydrogen-bond acceptors (Lipinski definition) is 17. The highest BCUT2D eigenvalue weighted by Gasteiger charge is 2.69. The lowest BCUT2D eigenvalue weighted by atomic mass is 9.44. The van der Waals surface area contributed by atoms with Gasteiger partial charge in [0.2, 0.25) is 0 Å². The summed E-state index contributed by atoms with van der Waals surface area (Å²) in [6.45, 7) is 8.68. The van der Waals surface area contributed by atoms with Crippen LogP contribution in [0.3, 0.4) is 0 Å². The monoisotopic (exact) mass is 872 g/mol. The van der Waals surface area contributed by atoms with Gasteiger partial charge in [-0.15, -0.1) is 0 Å². The molecule has 5 aliphatic heterocycles. The third-order valence-corrected chi connectivity index (χ3v) is 17.9. The first kappa shape index (κ1) is 45.5. The van der Waals surface area contributed by atoms with Gasteiger partial charge in [0.05, 0.1) is 38.6 Å². The molecule has 0 radical (unpaired) electrons. The summed E-state index contributed by atoms with van der Waals surface area (Å²) in [5.41, 5.74) is 0.301. The normalized spacial score (nSPS) is 58.5. The van der Waals surface area contributed by atoms with Crippen molar-refractivity contribution in [2.75, 3.05) is 26.4 Å². The molecule has 0 aromatic heterocycles. The van der Waals surface area contributed by atoms with Gasteiger partial charge >= 0.3 is 0 Å². The third kappa shape index (κ3) is 7.58. The van der Waals surface area contributed by atoms with Gasteiger partial charge in [-0.05, 0) is 104 Å². The highest BCUT2D eigenvalue weighted by Crippen LogP contribution is 2.71. The number of ether oxygens (including phenoxy) is 8. The number of aliphatic hydroxyl groups is 9. The summed E-state index contributed by atoms with van der Waals surface area (Å²) in [6, 6.07) is 0. The number of rotatable bonds is 8. The molecule has 4 aliphatic carbocycles. The Labute approximate surface area is 357 Å². The molecule has 5 saturated heterocycles. The van der Waals surface area contributed by atoms with Crippen LogP contribution in [-0.4, -0.2) is 176 Å². The molecule has 26 atom stereocenters. The molecule has 61 heavy (non-hydrogen) atoms. The van der Waals surface area contributed by atoms with Crippen molar-refractivity contribution in [3.8, 4) is 0 Å². The fourth-order valence-electron chi connectivity index (χ4n) is 14.4. The summed E-state index contributed by atoms with van der Waals surface area (Å²) in [5, 5.41) is 95.1. The van der Waals surface area contributed by atoms with E-state index in [1.54, 1.807) is 0 Å². The average Bonchev–Trinajstić information content (AvgIpc) is 3.69. The van der Waals surface area contributed by atoms with Crippen molar-refractivity contribution >= 4 is 0 Å². The van der Waals surface area contributed by atoms with Crippen LogP contribution in [0.5, 0.6) is 0 Å². The second-order valence-electron chi connectivity index (χ2n) is 21.1. The van der Waals surface area contributed by atoms with Crippen LogP contribution in [0.15, 0.2) is 0 Å². The van der Waals surface area contributed by atoms with Gasteiger partial charge < -0.3 is 83.9 Å². The van der Waals surface area contributed by atoms with Gasteiger partial charge in [0, 0.05) is 12.3 Å². The third-order valence-electron chi connectivity index (χ3n) is 17.9. The van der Waals surface area contributed by atoms with E-state index >= 15 is 0 Å². The molecule has 0 bridgehead atoms. The molecule has 1 spiro atoms. The van der Waals surface area contributed by atoms with E-state index < -0.39 is 112 Å². The first-order chi connectivity index (χ1) is 29.0. The molecule has 9 N–H and O–H groups in total. The van der Waals surface area contributed by atoms with Crippen LogP contribution in [0.4, 0.5) is 0 Å². The lowest BCUT2D eigenvalue weighted by Crippen LogP contribution is -2.67. The lowest BCUT2D eigenvalue weighted by molar-refractivity contribution is -0.392. The fraction of sp³-hybridized carbons (Fsp3) is 1.00. The predicted molar refractivity (Wildman–Crippen MR) is 210 cm³/mol. The van der Waals surface area contributed by atoms with Gasteiger partial charge in [-0.25, -0.2) is 0 Å². The Kier molecular flexibility index (Phi) is 12.8. The van der Waals surface area contributed by atoms with Crippen LogP contribution in [0, 0.1) is 52.3 Å². The zero-order chi connectivity index (χ0) is 43.3. The summed E-state index contributed by atoms with van der Waals surface area (Å²) in [4.78, 5) is 0. The maximum atomic E-state index is 11.5. The van der Waals surface area contributed by atoms with Crippen molar-refractivity contribution in [1.29, 1.82) is 0 Å². The molecule has 9 aliphatic rings. The fourth-order valence-corrected chi connectivity index (χ4v) is 14.4. The van der Waals surface area contributed by atoms with Crippen LogP contribution in [0.2, 0.25) is 0 Å². The highest BCUT2D eigenvalue weighted by molar-refractivity contribution is 5.15. The Morgan fingerprint density at radius 2 is 1.30 bits per heavy atom. The number of aliphatic hydroxyl groups excluding tert-OH is 9. The average molecular weight is 873 g/mol. The molecule has 350 valence electrons. The van der Waals surface area contributed by atoms with Gasteiger partial charge in [-0.3, -0.25) is 0 Å². The second kappa shape index (κ2) is 17.2. The van der Waals surface area contributed by atoms with Crippen molar-refractivity contribution in [3.05, 3.63) is 0 Å². The molecule has 9 rings (SSSR count). The first-order valence-electron chi connectivity index (χ1n) is 23.2. The molecule has 17 nitrogen and oxygen atoms in total. The minimum atomic E-state index is -1.82. The van der Waals surface area contributed by atoms with Crippen molar-refractivity contribution in [3.63, 3.8) is 0 Å². The number of hydrogen-bond donors (Lipinski definition) is 9. The minimum absolute atomic E-state index is 0.0904. The van der Waals surface area contributed by atoms with E-state index in [1.807, 2.05) is 0 Å². The van der Waals surface area contributed by atoms with Crippen LogP contribution >= 0.6 is 0 Å². The quantitative estimate of drug-likeness (QED) is 0.145. The van der Waals surface area contributed by atoms with Gasteiger partial charge in [0.15, 0.2) is 24.7 Å². The molecule has 4 saturated carbocycles. The van der Waals surface area contributed by atoms with E-state index in [4.69, 9.17) is 37.9 Å².